The van der Waals surface area contributed by atoms with Gasteiger partial charge >= 0.3 is 0 Å². The number of hydrogen-bond donors (Lipinski definition) is 0. The molecule has 0 saturated heterocycles. The van der Waals surface area contributed by atoms with E-state index in [0.717, 1.165) is 6.42 Å². The van der Waals surface area contributed by atoms with Crippen molar-refractivity contribution in [3.63, 3.8) is 0 Å². The minimum atomic E-state index is -0.0754. The van der Waals surface area contributed by atoms with Crippen LogP contribution in [0.25, 0.3) is 0 Å². The summed E-state index contributed by atoms with van der Waals surface area (Å²) in [5.74, 6) is -0.0754. The zero-order valence-corrected chi connectivity index (χ0v) is 7.28. The van der Waals surface area contributed by atoms with E-state index >= 15 is 0 Å². The topological polar surface area (TPSA) is 0 Å². The van der Waals surface area contributed by atoms with Gasteiger partial charge in [0.25, 0.3) is 0 Å². The van der Waals surface area contributed by atoms with Crippen LogP contribution >= 0.6 is 22.6 Å². The summed E-state index contributed by atoms with van der Waals surface area (Å²) < 4.78 is 12.5. The predicted molar refractivity (Wildman–Crippen MR) is 43.0 cm³/mol. The molecule has 48 valence electrons. The summed E-state index contributed by atoms with van der Waals surface area (Å²) in [4.78, 5) is 0. The number of allylic oxidation sites excluding steroid dienone is 2. The van der Waals surface area contributed by atoms with Gasteiger partial charge in [-0.15, -0.1) is 0 Å². The van der Waals surface area contributed by atoms with Crippen molar-refractivity contribution in [3.8, 4) is 0 Å². The molecule has 0 heterocycles. The average Bonchev–Trinajstić information content (AvgIpc) is 1.61. The lowest BCUT2D eigenvalue weighted by molar-refractivity contribution is 0.633. The Morgan fingerprint density at radius 3 is 2.50 bits per heavy atom. The molecule has 1 atom stereocenters. The lowest BCUT2D eigenvalue weighted by Gasteiger charge is -1.93. The molecule has 0 aliphatic heterocycles. The van der Waals surface area contributed by atoms with E-state index < -0.39 is 0 Å². The van der Waals surface area contributed by atoms with Gasteiger partial charge < -0.3 is 0 Å². The molecule has 0 spiro atoms. The first kappa shape index (κ1) is 8.40. The Labute approximate surface area is 63.3 Å². The molecule has 0 aromatic heterocycles. The average molecular weight is 228 g/mol. The van der Waals surface area contributed by atoms with Crippen LogP contribution in [0.4, 0.5) is 4.39 Å². The summed E-state index contributed by atoms with van der Waals surface area (Å²) >= 11 is 2.26. The summed E-state index contributed by atoms with van der Waals surface area (Å²) in [6.07, 6.45) is 2.44. The minimum Gasteiger partial charge on any atom is -0.212 e. The highest BCUT2D eigenvalue weighted by Crippen LogP contribution is 2.06. The van der Waals surface area contributed by atoms with E-state index in [1.54, 1.807) is 6.08 Å². The van der Waals surface area contributed by atoms with Crippen molar-refractivity contribution < 1.29 is 4.39 Å². The summed E-state index contributed by atoms with van der Waals surface area (Å²) in [6.45, 7) is 3.53. The maximum atomic E-state index is 11.9. The van der Waals surface area contributed by atoms with Gasteiger partial charge in [0.1, 0.15) is 0 Å². The highest BCUT2D eigenvalue weighted by atomic mass is 127. The molecule has 8 heavy (non-hydrogen) atoms. The van der Waals surface area contributed by atoms with Crippen LogP contribution < -0.4 is 0 Å². The second-order valence-electron chi connectivity index (χ2n) is 1.81. The summed E-state index contributed by atoms with van der Waals surface area (Å²) in [5, 5.41) is 0. The van der Waals surface area contributed by atoms with E-state index in [-0.39, 0.29) is 5.83 Å². The second-order valence-corrected chi connectivity index (χ2v) is 3.93. The smallest absolute Gasteiger partial charge is 0.0929 e. The predicted octanol–water partition coefficient (Wildman–Crippen LogP) is 3.07. The van der Waals surface area contributed by atoms with Crippen molar-refractivity contribution in [3.05, 3.63) is 11.9 Å². The molecule has 0 rings (SSSR count). The quantitative estimate of drug-likeness (QED) is 0.503. The first-order chi connectivity index (χ1) is 3.63. The van der Waals surface area contributed by atoms with Crippen LogP contribution in [-0.4, -0.2) is 3.92 Å². The van der Waals surface area contributed by atoms with E-state index in [4.69, 9.17) is 0 Å². The summed E-state index contributed by atoms with van der Waals surface area (Å²) in [5.41, 5.74) is 0. The fraction of sp³-hybridized carbons (Fsp3) is 0.667. The zero-order valence-electron chi connectivity index (χ0n) is 5.12. The van der Waals surface area contributed by atoms with Gasteiger partial charge in [-0.2, -0.15) is 0 Å². The Bertz CT molecular complexity index is 82.5. The van der Waals surface area contributed by atoms with Crippen molar-refractivity contribution in [2.75, 3.05) is 0 Å². The van der Waals surface area contributed by atoms with Crippen molar-refractivity contribution in [2.45, 2.75) is 24.2 Å². The Morgan fingerprint density at radius 1 is 1.88 bits per heavy atom. The molecule has 0 saturated carbocycles. The van der Waals surface area contributed by atoms with Crippen molar-refractivity contribution in [1.82, 2.24) is 0 Å². The maximum absolute atomic E-state index is 11.9. The lowest BCUT2D eigenvalue weighted by atomic mass is 10.3. The van der Waals surface area contributed by atoms with Crippen LogP contribution in [0.1, 0.15) is 20.3 Å². The van der Waals surface area contributed by atoms with Crippen LogP contribution in [0, 0.1) is 0 Å². The monoisotopic (exact) mass is 228 g/mol. The highest BCUT2D eigenvalue weighted by Gasteiger charge is 1.90. The first-order valence-corrected chi connectivity index (χ1v) is 3.84. The van der Waals surface area contributed by atoms with Crippen LogP contribution in [0.15, 0.2) is 11.9 Å². The Hall–Kier alpha value is 0.400. The highest BCUT2D eigenvalue weighted by molar-refractivity contribution is 14.1. The van der Waals surface area contributed by atoms with E-state index in [0.29, 0.717) is 3.92 Å². The molecule has 0 aromatic carbocycles. The van der Waals surface area contributed by atoms with Crippen LogP contribution in [0.5, 0.6) is 0 Å². The fourth-order valence-corrected chi connectivity index (χ4v) is 0.579. The van der Waals surface area contributed by atoms with E-state index in [1.807, 2.05) is 0 Å². The van der Waals surface area contributed by atoms with Gasteiger partial charge in [0.05, 0.1) is 5.83 Å². The van der Waals surface area contributed by atoms with Crippen LogP contribution in [0.2, 0.25) is 0 Å². The number of rotatable bonds is 2. The Kier molecular flexibility index (Phi) is 4.51. The van der Waals surface area contributed by atoms with Crippen molar-refractivity contribution >= 4 is 22.6 Å². The second kappa shape index (κ2) is 4.30. The SMILES string of the molecule is C/C(F)=C/CC(C)I. The molecule has 0 aromatic rings. The van der Waals surface area contributed by atoms with Crippen molar-refractivity contribution in [1.29, 1.82) is 0 Å². The molecule has 0 aliphatic carbocycles. The maximum Gasteiger partial charge on any atom is 0.0929 e. The molecule has 1 unspecified atom stereocenters. The summed E-state index contributed by atoms with van der Waals surface area (Å²) in [6, 6.07) is 0. The Morgan fingerprint density at radius 2 is 2.38 bits per heavy atom. The van der Waals surface area contributed by atoms with Gasteiger partial charge in [-0.05, 0) is 13.3 Å². The van der Waals surface area contributed by atoms with Gasteiger partial charge in [0.2, 0.25) is 0 Å². The molecule has 0 bridgehead atoms. The molecule has 0 aliphatic rings. The van der Waals surface area contributed by atoms with Gasteiger partial charge in [-0.1, -0.05) is 35.6 Å². The van der Waals surface area contributed by atoms with Crippen LogP contribution in [-0.2, 0) is 0 Å². The van der Waals surface area contributed by atoms with Gasteiger partial charge in [-0.25, -0.2) is 4.39 Å². The lowest BCUT2D eigenvalue weighted by Crippen LogP contribution is -1.84. The zero-order chi connectivity index (χ0) is 6.57. The van der Waals surface area contributed by atoms with Crippen molar-refractivity contribution in [2.24, 2.45) is 0 Å². The number of alkyl halides is 1. The van der Waals surface area contributed by atoms with Gasteiger partial charge in [0, 0.05) is 3.92 Å². The molecular formula is C6H10FI. The van der Waals surface area contributed by atoms with Gasteiger partial charge in [-0.3, -0.25) is 0 Å². The molecule has 0 nitrogen and oxygen atoms in total. The first-order valence-electron chi connectivity index (χ1n) is 2.59. The summed E-state index contributed by atoms with van der Waals surface area (Å²) in [7, 11) is 0. The molecule has 0 radical (unpaired) electrons. The molecule has 0 fully saturated rings. The van der Waals surface area contributed by atoms with Crippen LogP contribution in [0.3, 0.4) is 0 Å². The van der Waals surface area contributed by atoms with E-state index in [1.165, 1.54) is 6.92 Å². The third-order valence-corrected chi connectivity index (χ3v) is 1.23. The molecule has 0 amide bonds. The molecule has 0 N–H and O–H groups in total. The van der Waals surface area contributed by atoms with E-state index in [2.05, 4.69) is 29.5 Å². The third-order valence-electron chi connectivity index (χ3n) is 0.724. The fourth-order valence-electron chi connectivity index (χ4n) is 0.325. The number of halogens is 2. The molecule has 2 heteroatoms. The largest absolute Gasteiger partial charge is 0.212 e. The number of hydrogen-bond acceptors (Lipinski definition) is 0. The third kappa shape index (κ3) is 6.40. The standard InChI is InChI=1S/C6H10FI/c1-5(7)3-4-6(2)8/h3,6H,4H2,1-2H3/b5-3-. The molecular weight excluding hydrogens is 218 g/mol. The Balaban J connectivity index is 3.29. The minimum absolute atomic E-state index is 0.0754. The van der Waals surface area contributed by atoms with E-state index in [9.17, 15) is 4.39 Å². The van der Waals surface area contributed by atoms with Gasteiger partial charge in [0.15, 0.2) is 0 Å². The normalized spacial score (nSPS) is 16.2.